The molecule has 5 heteroatoms. The summed E-state index contributed by atoms with van der Waals surface area (Å²) in [6.07, 6.45) is -0.309. The first kappa shape index (κ1) is 14.6. The van der Waals surface area contributed by atoms with Crippen LogP contribution in [0.2, 0.25) is 0 Å². The summed E-state index contributed by atoms with van der Waals surface area (Å²) in [5.41, 5.74) is 0.833. The fourth-order valence-corrected chi connectivity index (χ4v) is 3.65. The first-order valence-electron chi connectivity index (χ1n) is 6.34. The van der Waals surface area contributed by atoms with Crippen molar-refractivity contribution in [2.45, 2.75) is 12.5 Å². The fraction of sp³-hybridized carbons (Fsp3) is 0.125. The van der Waals surface area contributed by atoms with Crippen molar-refractivity contribution in [3.8, 4) is 0 Å². The maximum Gasteiger partial charge on any atom is 0.137 e. The zero-order chi connectivity index (χ0) is 15.0. The lowest BCUT2D eigenvalue weighted by Crippen LogP contribution is -1.99. The van der Waals surface area contributed by atoms with Crippen LogP contribution in [-0.2, 0) is 6.42 Å². The van der Waals surface area contributed by atoms with E-state index >= 15 is 0 Å². The van der Waals surface area contributed by atoms with E-state index in [4.69, 9.17) is 0 Å². The molecule has 1 nitrogen and oxygen atoms in total. The van der Waals surface area contributed by atoms with Gasteiger partial charge in [0, 0.05) is 16.0 Å². The van der Waals surface area contributed by atoms with E-state index in [-0.39, 0.29) is 11.6 Å². The zero-order valence-corrected chi connectivity index (χ0v) is 13.2. The molecule has 108 valence electrons. The van der Waals surface area contributed by atoms with Crippen LogP contribution in [-0.4, -0.2) is 5.11 Å². The molecule has 0 saturated heterocycles. The molecule has 3 rings (SSSR count). The van der Waals surface area contributed by atoms with Gasteiger partial charge in [0.05, 0.1) is 10.6 Å². The summed E-state index contributed by atoms with van der Waals surface area (Å²) in [5.74, 6) is -0.616. The number of benzene rings is 2. The van der Waals surface area contributed by atoms with Gasteiger partial charge in [-0.1, -0.05) is 6.07 Å². The van der Waals surface area contributed by atoms with Gasteiger partial charge in [-0.25, -0.2) is 8.78 Å². The monoisotopic (exact) mass is 368 g/mol. The average molecular weight is 369 g/mol. The van der Waals surface area contributed by atoms with Crippen molar-refractivity contribution in [1.29, 1.82) is 0 Å². The molecule has 0 aliphatic heterocycles. The van der Waals surface area contributed by atoms with Crippen LogP contribution in [0.3, 0.4) is 0 Å². The van der Waals surface area contributed by atoms with Gasteiger partial charge in [0.1, 0.15) is 11.6 Å². The van der Waals surface area contributed by atoms with Crippen molar-refractivity contribution < 1.29 is 13.9 Å². The van der Waals surface area contributed by atoms with Crippen molar-refractivity contribution >= 4 is 37.4 Å². The van der Waals surface area contributed by atoms with Gasteiger partial charge in [-0.15, -0.1) is 11.3 Å². The number of aliphatic hydroxyl groups is 1. The maximum absolute atomic E-state index is 13.2. The SMILES string of the molecule is OC(Cc1ccc(F)c(Br)c1)c1cc2cc(F)ccc2s1. The minimum atomic E-state index is -0.692. The zero-order valence-electron chi connectivity index (χ0n) is 10.8. The van der Waals surface area contributed by atoms with Crippen LogP contribution in [0.5, 0.6) is 0 Å². The summed E-state index contributed by atoms with van der Waals surface area (Å²) in [4.78, 5) is 0.774. The number of aliphatic hydroxyl groups excluding tert-OH is 1. The highest BCUT2D eigenvalue weighted by Crippen LogP contribution is 2.32. The van der Waals surface area contributed by atoms with E-state index in [9.17, 15) is 13.9 Å². The normalized spacial score (nSPS) is 12.8. The molecule has 0 aliphatic carbocycles. The predicted octanol–water partition coefficient (Wildman–Crippen LogP) is 5.22. The standard InChI is InChI=1S/C16H11BrF2OS/c17-12-5-9(1-3-13(12)19)6-14(20)16-8-10-7-11(18)2-4-15(10)21-16/h1-5,7-8,14,20H,6H2. The highest BCUT2D eigenvalue weighted by Gasteiger charge is 2.13. The van der Waals surface area contributed by atoms with E-state index < -0.39 is 6.10 Å². The first-order chi connectivity index (χ1) is 10.0. The molecule has 0 fully saturated rings. The molecule has 3 aromatic rings. The topological polar surface area (TPSA) is 20.2 Å². The third-order valence-electron chi connectivity index (χ3n) is 3.24. The van der Waals surface area contributed by atoms with Crippen LogP contribution < -0.4 is 0 Å². The predicted molar refractivity (Wildman–Crippen MR) is 84.5 cm³/mol. The lowest BCUT2D eigenvalue weighted by molar-refractivity contribution is 0.182. The molecular weight excluding hydrogens is 358 g/mol. The van der Waals surface area contributed by atoms with E-state index in [2.05, 4.69) is 15.9 Å². The van der Waals surface area contributed by atoms with E-state index in [0.29, 0.717) is 10.9 Å². The van der Waals surface area contributed by atoms with Gasteiger partial charge in [-0.2, -0.15) is 0 Å². The van der Waals surface area contributed by atoms with Crippen LogP contribution in [0.15, 0.2) is 46.9 Å². The second kappa shape index (κ2) is 5.83. The van der Waals surface area contributed by atoms with Crippen molar-refractivity contribution in [3.63, 3.8) is 0 Å². The minimum absolute atomic E-state index is 0.288. The lowest BCUT2D eigenvalue weighted by atomic mass is 10.1. The Hall–Kier alpha value is -1.30. The highest BCUT2D eigenvalue weighted by molar-refractivity contribution is 9.10. The molecule has 0 aliphatic rings. The molecule has 1 unspecified atom stereocenters. The van der Waals surface area contributed by atoms with E-state index in [1.165, 1.54) is 29.5 Å². The van der Waals surface area contributed by atoms with Crippen molar-refractivity contribution in [2.75, 3.05) is 0 Å². The Kier molecular flexibility index (Phi) is 4.06. The average Bonchev–Trinajstić information content (AvgIpc) is 2.86. The Morgan fingerprint density at radius 1 is 1.10 bits per heavy atom. The van der Waals surface area contributed by atoms with Crippen LogP contribution >= 0.6 is 27.3 Å². The lowest BCUT2D eigenvalue weighted by Gasteiger charge is -2.09. The van der Waals surface area contributed by atoms with Gasteiger partial charge in [-0.05, 0) is 63.3 Å². The Bertz CT molecular complexity index is 800. The summed E-state index contributed by atoms with van der Waals surface area (Å²) < 4.78 is 27.7. The quantitative estimate of drug-likeness (QED) is 0.671. The smallest absolute Gasteiger partial charge is 0.137 e. The van der Waals surface area contributed by atoms with Gasteiger partial charge in [0.25, 0.3) is 0 Å². The summed E-state index contributed by atoms with van der Waals surface area (Å²) in [5, 5.41) is 11.1. The van der Waals surface area contributed by atoms with Crippen LogP contribution in [0.25, 0.3) is 10.1 Å². The van der Waals surface area contributed by atoms with Gasteiger partial charge >= 0.3 is 0 Å². The molecule has 0 bridgehead atoms. The maximum atomic E-state index is 13.2. The van der Waals surface area contributed by atoms with Crippen LogP contribution in [0, 0.1) is 11.6 Å². The second-order valence-electron chi connectivity index (χ2n) is 4.80. The van der Waals surface area contributed by atoms with E-state index in [0.717, 1.165) is 20.5 Å². The summed E-state index contributed by atoms with van der Waals surface area (Å²) >= 11 is 4.57. The molecule has 1 heterocycles. The van der Waals surface area contributed by atoms with Gasteiger partial charge in [0.15, 0.2) is 0 Å². The van der Waals surface area contributed by atoms with Crippen molar-refractivity contribution in [3.05, 3.63) is 69.0 Å². The third-order valence-corrected chi connectivity index (χ3v) is 5.06. The Labute approximate surface area is 133 Å². The molecule has 2 aromatic carbocycles. The van der Waals surface area contributed by atoms with Crippen LogP contribution in [0.1, 0.15) is 16.5 Å². The second-order valence-corrected chi connectivity index (χ2v) is 6.77. The molecular formula is C16H11BrF2OS. The number of rotatable bonds is 3. The third kappa shape index (κ3) is 3.15. The summed E-state index contributed by atoms with van der Waals surface area (Å²) in [6, 6.07) is 11.0. The Morgan fingerprint density at radius 3 is 2.67 bits per heavy atom. The van der Waals surface area contributed by atoms with Crippen molar-refractivity contribution in [1.82, 2.24) is 0 Å². The highest BCUT2D eigenvalue weighted by atomic mass is 79.9. The molecule has 1 aromatic heterocycles. The van der Waals surface area contributed by atoms with E-state index in [1.54, 1.807) is 24.3 Å². The van der Waals surface area contributed by atoms with Gasteiger partial charge < -0.3 is 5.11 Å². The Balaban J connectivity index is 1.85. The largest absolute Gasteiger partial charge is 0.387 e. The molecule has 0 amide bonds. The molecule has 0 spiro atoms. The number of halogens is 3. The minimum Gasteiger partial charge on any atom is -0.387 e. The molecule has 1 atom stereocenters. The van der Waals surface area contributed by atoms with Crippen LogP contribution in [0.4, 0.5) is 8.78 Å². The fourth-order valence-electron chi connectivity index (χ4n) is 2.19. The molecule has 21 heavy (non-hydrogen) atoms. The van der Waals surface area contributed by atoms with Crippen molar-refractivity contribution in [2.24, 2.45) is 0 Å². The molecule has 0 radical (unpaired) electrons. The number of hydrogen-bond acceptors (Lipinski definition) is 2. The molecule has 1 N–H and O–H groups in total. The summed E-state index contributed by atoms with van der Waals surface area (Å²) in [7, 11) is 0. The van der Waals surface area contributed by atoms with Gasteiger partial charge in [0.2, 0.25) is 0 Å². The first-order valence-corrected chi connectivity index (χ1v) is 7.95. The van der Waals surface area contributed by atoms with E-state index in [1.807, 2.05) is 0 Å². The number of hydrogen-bond donors (Lipinski definition) is 1. The Morgan fingerprint density at radius 2 is 1.90 bits per heavy atom. The summed E-state index contributed by atoms with van der Waals surface area (Å²) in [6.45, 7) is 0. The van der Waals surface area contributed by atoms with Gasteiger partial charge in [-0.3, -0.25) is 0 Å². The molecule has 0 saturated carbocycles. The number of fused-ring (bicyclic) bond motifs is 1. The number of thiophene rings is 1.